The molecule has 1 aliphatic carbocycles. The summed E-state index contributed by atoms with van der Waals surface area (Å²) in [6, 6.07) is 3.97. The van der Waals surface area contributed by atoms with Gasteiger partial charge in [0.15, 0.2) is 5.82 Å². The van der Waals surface area contributed by atoms with Crippen LogP contribution in [0, 0.1) is 12.8 Å². The Morgan fingerprint density at radius 2 is 2.09 bits per heavy atom. The summed E-state index contributed by atoms with van der Waals surface area (Å²) in [7, 11) is 0. The van der Waals surface area contributed by atoms with Crippen molar-refractivity contribution in [1.29, 1.82) is 0 Å². The molecule has 1 aromatic rings. The minimum atomic E-state index is 0.109. The second kappa shape index (κ2) is 7.05. The molecule has 3 rings (SSSR count). The van der Waals surface area contributed by atoms with Gasteiger partial charge in [-0.05, 0) is 44.2 Å². The van der Waals surface area contributed by atoms with E-state index in [0.717, 1.165) is 50.7 Å². The van der Waals surface area contributed by atoms with E-state index in [1.807, 2.05) is 24.0 Å². The standard InChI is InChI=1S/C16H24N4O2/c1-13-3-6-15(18-17-13)19-7-2-8-20(10-9-19)16(21)12-22-11-14-4-5-14/h3,6,14H,2,4-5,7-12H2,1H3. The fraction of sp³-hybridized carbons (Fsp3) is 0.688. The van der Waals surface area contributed by atoms with Gasteiger partial charge in [-0.3, -0.25) is 4.79 Å². The Morgan fingerprint density at radius 1 is 1.23 bits per heavy atom. The molecule has 1 aromatic heterocycles. The molecule has 0 aromatic carbocycles. The van der Waals surface area contributed by atoms with E-state index in [9.17, 15) is 4.79 Å². The molecule has 6 nitrogen and oxygen atoms in total. The number of carbonyl (C=O) groups excluding carboxylic acids is 1. The van der Waals surface area contributed by atoms with E-state index in [1.54, 1.807) is 0 Å². The van der Waals surface area contributed by atoms with Crippen LogP contribution in [0.2, 0.25) is 0 Å². The number of anilines is 1. The molecule has 0 radical (unpaired) electrons. The topological polar surface area (TPSA) is 58.6 Å². The van der Waals surface area contributed by atoms with E-state index in [0.29, 0.717) is 5.92 Å². The van der Waals surface area contributed by atoms with E-state index in [4.69, 9.17) is 4.74 Å². The van der Waals surface area contributed by atoms with Gasteiger partial charge in [-0.15, -0.1) is 5.10 Å². The van der Waals surface area contributed by atoms with E-state index in [-0.39, 0.29) is 12.5 Å². The summed E-state index contributed by atoms with van der Waals surface area (Å²) in [6.45, 7) is 6.12. The number of carbonyl (C=O) groups is 1. The molecule has 0 spiro atoms. The van der Waals surface area contributed by atoms with Gasteiger partial charge in [0.05, 0.1) is 12.3 Å². The summed E-state index contributed by atoms with van der Waals surface area (Å²) in [5.41, 5.74) is 0.920. The number of aromatic nitrogens is 2. The van der Waals surface area contributed by atoms with E-state index >= 15 is 0 Å². The maximum Gasteiger partial charge on any atom is 0.248 e. The minimum Gasteiger partial charge on any atom is -0.371 e. The van der Waals surface area contributed by atoms with Gasteiger partial charge in [0.1, 0.15) is 6.61 Å². The van der Waals surface area contributed by atoms with Crippen LogP contribution in [0.5, 0.6) is 0 Å². The Bertz CT molecular complexity index is 501. The summed E-state index contributed by atoms with van der Waals surface area (Å²) in [6.07, 6.45) is 3.46. The van der Waals surface area contributed by atoms with Crippen molar-refractivity contribution in [3.8, 4) is 0 Å². The Labute approximate surface area is 131 Å². The Kier molecular flexibility index (Phi) is 4.87. The second-order valence-electron chi connectivity index (χ2n) is 6.21. The lowest BCUT2D eigenvalue weighted by atomic mass is 10.3. The Morgan fingerprint density at radius 3 is 2.82 bits per heavy atom. The van der Waals surface area contributed by atoms with Crippen molar-refractivity contribution in [2.45, 2.75) is 26.2 Å². The molecule has 22 heavy (non-hydrogen) atoms. The first-order valence-corrected chi connectivity index (χ1v) is 8.13. The smallest absolute Gasteiger partial charge is 0.248 e. The zero-order valence-corrected chi connectivity index (χ0v) is 13.2. The van der Waals surface area contributed by atoms with Gasteiger partial charge in [-0.25, -0.2) is 0 Å². The summed E-state index contributed by atoms with van der Waals surface area (Å²) in [4.78, 5) is 16.3. The fourth-order valence-corrected chi connectivity index (χ4v) is 2.65. The number of hydrogen-bond donors (Lipinski definition) is 0. The third-order valence-corrected chi connectivity index (χ3v) is 4.23. The molecule has 0 N–H and O–H groups in total. The number of hydrogen-bond acceptors (Lipinski definition) is 5. The predicted octanol–water partition coefficient (Wildman–Crippen LogP) is 1.25. The normalized spacial score (nSPS) is 19.1. The van der Waals surface area contributed by atoms with Gasteiger partial charge in [0.2, 0.25) is 5.91 Å². The van der Waals surface area contributed by atoms with Crippen LogP contribution in [0.15, 0.2) is 12.1 Å². The number of nitrogens with zero attached hydrogens (tertiary/aromatic N) is 4. The van der Waals surface area contributed by atoms with Crippen molar-refractivity contribution in [3.63, 3.8) is 0 Å². The Balaban J connectivity index is 1.48. The SMILES string of the molecule is Cc1ccc(N2CCCN(C(=O)COCC3CC3)CC2)nn1. The third kappa shape index (κ3) is 4.16. The van der Waals surface area contributed by atoms with Gasteiger partial charge in [-0.1, -0.05) is 0 Å². The van der Waals surface area contributed by atoms with Crippen LogP contribution in [-0.2, 0) is 9.53 Å². The van der Waals surface area contributed by atoms with Crippen LogP contribution in [-0.4, -0.2) is 60.4 Å². The molecule has 0 bridgehead atoms. The van der Waals surface area contributed by atoms with E-state index < -0.39 is 0 Å². The van der Waals surface area contributed by atoms with Crippen LogP contribution < -0.4 is 4.90 Å². The molecule has 0 unspecified atom stereocenters. The highest BCUT2D eigenvalue weighted by molar-refractivity contribution is 5.77. The number of amides is 1. The maximum absolute atomic E-state index is 12.2. The molecule has 6 heteroatoms. The van der Waals surface area contributed by atoms with Crippen molar-refractivity contribution in [1.82, 2.24) is 15.1 Å². The molecule has 1 saturated heterocycles. The van der Waals surface area contributed by atoms with Gasteiger partial charge in [0, 0.05) is 26.2 Å². The predicted molar refractivity (Wildman–Crippen MR) is 83.7 cm³/mol. The molecule has 1 amide bonds. The summed E-state index contributed by atoms with van der Waals surface area (Å²) >= 11 is 0. The lowest BCUT2D eigenvalue weighted by Gasteiger charge is -2.22. The summed E-state index contributed by atoms with van der Waals surface area (Å²) in [5.74, 6) is 1.70. The zero-order valence-electron chi connectivity index (χ0n) is 13.2. The van der Waals surface area contributed by atoms with Crippen LogP contribution in [0.4, 0.5) is 5.82 Å². The Hall–Kier alpha value is -1.69. The maximum atomic E-state index is 12.2. The number of ether oxygens (including phenoxy) is 1. The highest BCUT2D eigenvalue weighted by Crippen LogP contribution is 2.28. The van der Waals surface area contributed by atoms with E-state index in [1.165, 1.54) is 12.8 Å². The van der Waals surface area contributed by atoms with Crippen molar-refractivity contribution in [3.05, 3.63) is 17.8 Å². The second-order valence-corrected chi connectivity index (χ2v) is 6.21. The molecular formula is C16H24N4O2. The van der Waals surface area contributed by atoms with Crippen molar-refractivity contribution in [2.24, 2.45) is 5.92 Å². The van der Waals surface area contributed by atoms with Gasteiger partial charge < -0.3 is 14.5 Å². The first-order valence-electron chi connectivity index (χ1n) is 8.13. The molecule has 2 aliphatic rings. The number of rotatable bonds is 5. The molecule has 0 atom stereocenters. The first-order chi connectivity index (χ1) is 10.7. The quantitative estimate of drug-likeness (QED) is 0.819. The highest BCUT2D eigenvalue weighted by Gasteiger charge is 2.23. The zero-order chi connectivity index (χ0) is 15.4. The molecule has 1 aliphatic heterocycles. The average Bonchev–Trinajstić information content (AvgIpc) is 3.34. The first kappa shape index (κ1) is 15.2. The third-order valence-electron chi connectivity index (χ3n) is 4.23. The molecule has 120 valence electrons. The number of aryl methyl sites for hydroxylation is 1. The highest BCUT2D eigenvalue weighted by atomic mass is 16.5. The van der Waals surface area contributed by atoms with Gasteiger partial charge >= 0.3 is 0 Å². The lowest BCUT2D eigenvalue weighted by Crippen LogP contribution is -2.37. The fourth-order valence-electron chi connectivity index (χ4n) is 2.65. The van der Waals surface area contributed by atoms with Gasteiger partial charge in [0.25, 0.3) is 0 Å². The van der Waals surface area contributed by atoms with Crippen LogP contribution in [0.25, 0.3) is 0 Å². The van der Waals surface area contributed by atoms with Crippen LogP contribution in [0.1, 0.15) is 25.0 Å². The largest absolute Gasteiger partial charge is 0.371 e. The van der Waals surface area contributed by atoms with Crippen molar-refractivity contribution >= 4 is 11.7 Å². The monoisotopic (exact) mass is 304 g/mol. The van der Waals surface area contributed by atoms with Crippen molar-refractivity contribution < 1.29 is 9.53 Å². The summed E-state index contributed by atoms with van der Waals surface area (Å²) in [5, 5.41) is 8.35. The summed E-state index contributed by atoms with van der Waals surface area (Å²) < 4.78 is 5.51. The molecule has 1 saturated carbocycles. The molecular weight excluding hydrogens is 280 g/mol. The van der Waals surface area contributed by atoms with Crippen LogP contribution >= 0.6 is 0 Å². The van der Waals surface area contributed by atoms with Crippen LogP contribution in [0.3, 0.4) is 0 Å². The minimum absolute atomic E-state index is 0.109. The van der Waals surface area contributed by atoms with Gasteiger partial charge in [-0.2, -0.15) is 5.10 Å². The molecule has 2 fully saturated rings. The lowest BCUT2D eigenvalue weighted by molar-refractivity contribution is -0.136. The van der Waals surface area contributed by atoms with E-state index in [2.05, 4.69) is 15.1 Å². The average molecular weight is 304 g/mol. The van der Waals surface area contributed by atoms with Crippen molar-refractivity contribution in [2.75, 3.05) is 44.3 Å². The molecule has 2 heterocycles.